The van der Waals surface area contributed by atoms with Gasteiger partial charge in [-0.05, 0) is 55.5 Å². The van der Waals surface area contributed by atoms with Gasteiger partial charge >= 0.3 is 0 Å². The molecule has 2 atom stereocenters. The van der Waals surface area contributed by atoms with Crippen LogP contribution in [0.25, 0.3) is 0 Å². The largest absolute Gasteiger partial charge is 0.387 e. The van der Waals surface area contributed by atoms with Gasteiger partial charge in [-0.15, -0.1) is 5.10 Å². The zero-order valence-electron chi connectivity index (χ0n) is 14.4. The van der Waals surface area contributed by atoms with Crippen molar-refractivity contribution >= 4 is 5.82 Å². The first-order valence-corrected chi connectivity index (χ1v) is 8.65. The van der Waals surface area contributed by atoms with Crippen LogP contribution in [0.5, 0.6) is 0 Å². The molecule has 0 unspecified atom stereocenters. The average Bonchev–Trinajstić information content (AvgIpc) is 3.06. The van der Waals surface area contributed by atoms with E-state index in [4.69, 9.17) is 0 Å². The Morgan fingerprint density at radius 3 is 2.92 bits per heavy atom. The molecular formula is C19H26N4O. The van der Waals surface area contributed by atoms with Crippen molar-refractivity contribution in [2.75, 3.05) is 24.5 Å². The number of aliphatic hydroxyl groups excluding tert-OH is 1. The number of aryl methyl sites for hydroxylation is 2. The van der Waals surface area contributed by atoms with Crippen LogP contribution in [0.4, 0.5) is 5.82 Å². The standard InChI is InChI=1S/C19H26N4O/c1-14-7-8-16(11-15(14)2)18(24)13-20-12-17-5-4-10-23(17)19-6-3-9-21-22-19/h3,6-9,11,17-18,20,24H,4-5,10,12-13H2,1-2H3/t17-,18+/m0/s1. The fourth-order valence-corrected chi connectivity index (χ4v) is 3.27. The molecule has 1 aliphatic heterocycles. The molecule has 0 saturated carbocycles. The molecule has 2 heterocycles. The van der Waals surface area contributed by atoms with Crippen LogP contribution in [0.3, 0.4) is 0 Å². The molecule has 1 fully saturated rings. The molecule has 0 amide bonds. The Morgan fingerprint density at radius 2 is 2.17 bits per heavy atom. The number of nitrogens with zero attached hydrogens (tertiary/aromatic N) is 3. The number of aromatic nitrogens is 2. The molecule has 3 rings (SSSR count). The molecule has 0 radical (unpaired) electrons. The number of anilines is 1. The first-order chi connectivity index (χ1) is 11.6. The number of hydrogen-bond donors (Lipinski definition) is 2. The zero-order chi connectivity index (χ0) is 16.9. The summed E-state index contributed by atoms with van der Waals surface area (Å²) in [7, 11) is 0. The van der Waals surface area contributed by atoms with E-state index in [0.717, 1.165) is 30.9 Å². The maximum atomic E-state index is 10.4. The summed E-state index contributed by atoms with van der Waals surface area (Å²) in [5.74, 6) is 0.941. The lowest BCUT2D eigenvalue weighted by Crippen LogP contribution is -2.39. The topological polar surface area (TPSA) is 61.3 Å². The van der Waals surface area contributed by atoms with Crippen molar-refractivity contribution in [3.8, 4) is 0 Å². The Labute approximate surface area is 143 Å². The molecule has 128 valence electrons. The van der Waals surface area contributed by atoms with E-state index in [1.165, 1.54) is 17.5 Å². The van der Waals surface area contributed by atoms with Gasteiger partial charge in [0.25, 0.3) is 0 Å². The van der Waals surface area contributed by atoms with Crippen LogP contribution in [0.2, 0.25) is 0 Å². The van der Waals surface area contributed by atoms with Crippen molar-refractivity contribution in [1.29, 1.82) is 0 Å². The van der Waals surface area contributed by atoms with Gasteiger partial charge in [-0.1, -0.05) is 18.2 Å². The summed E-state index contributed by atoms with van der Waals surface area (Å²) in [5, 5.41) is 22.0. The lowest BCUT2D eigenvalue weighted by atomic mass is 10.0. The SMILES string of the molecule is Cc1ccc([C@H](O)CNC[C@@H]2CCCN2c2cccnn2)cc1C. The Kier molecular flexibility index (Phi) is 5.43. The maximum absolute atomic E-state index is 10.4. The van der Waals surface area contributed by atoms with Crippen molar-refractivity contribution in [3.63, 3.8) is 0 Å². The van der Waals surface area contributed by atoms with Crippen LogP contribution in [0, 0.1) is 13.8 Å². The quantitative estimate of drug-likeness (QED) is 0.853. The molecule has 24 heavy (non-hydrogen) atoms. The Bertz CT molecular complexity index is 662. The second kappa shape index (κ2) is 7.73. The van der Waals surface area contributed by atoms with Crippen molar-refractivity contribution in [1.82, 2.24) is 15.5 Å². The lowest BCUT2D eigenvalue weighted by Gasteiger charge is -2.26. The summed E-state index contributed by atoms with van der Waals surface area (Å²) in [6.07, 6.45) is 3.54. The van der Waals surface area contributed by atoms with Gasteiger partial charge in [-0.2, -0.15) is 5.10 Å². The molecule has 1 aliphatic rings. The number of benzene rings is 1. The first kappa shape index (κ1) is 16.9. The second-order valence-corrected chi connectivity index (χ2v) is 6.59. The highest BCUT2D eigenvalue weighted by Crippen LogP contribution is 2.23. The number of hydrogen-bond acceptors (Lipinski definition) is 5. The lowest BCUT2D eigenvalue weighted by molar-refractivity contribution is 0.174. The smallest absolute Gasteiger partial charge is 0.151 e. The molecule has 2 N–H and O–H groups in total. The summed E-state index contributed by atoms with van der Waals surface area (Å²) in [6, 6.07) is 10.5. The predicted molar refractivity (Wildman–Crippen MR) is 96.1 cm³/mol. The van der Waals surface area contributed by atoms with Crippen molar-refractivity contribution in [3.05, 3.63) is 53.2 Å². The van der Waals surface area contributed by atoms with Crippen molar-refractivity contribution in [2.45, 2.75) is 38.8 Å². The summed E-state index contributed by atoms with van der Waals surface area (Å²) in [5.41, 5.74) is 3.45. The average molecular weight is 326 g/mol. The Morgan fingerprint density at radius 1 is 1.29 bits per heavy atom. The molecule has 0 aliphatic carbocycles. The fourth-order valence-electron chi connectivity index (χ4n) is 3.27. The molecule has 0 bridgehead atoms. The van der Waals surface area contributed by atoms with E-state index >= 15 is 0 Å². The van der Waals surface area contributed by atoms with E-state index < -0.39 is 6.10 Å². The second-order valence-electron chi connectivity index (χ2n) is 6.59. The molecule has 5 heteroatoms. The summed E-state index contributed by atoms with van der Waals surface area (Å²) in [6.45, 7) is 6.59. The van der Waals surface area contributed by atoms with Crippen LogP contribution < -0.4 is 10.2 Å². The maximum Gasteiger partial charge on any atom is 0.151 e. The van der Waals surface area contributed by atoms with Gasteiger partial charge in [0, 0.05) is 31.9 Å². The van der Waals surface area contributed by atoms with Gasteiger partial charge in [-0.25, -0.2) is 0 Å². The highest BCUT2D eigenvalue weighted by Gasteiger charge is 2.25. The number of nitrogens with one attached hydrogen (secondary N) is 1. The number of rotatable bonds is 6. The van der Waals surface area contributed by atoms with Crippen LogP contribution in [0.15, 0.2) is 36.5 Å². The molecule has 1 aromatic heterocycles. The molecule has 5 nitrogen and oxygen atoms in total. The van der Waals surface area contributed by atoms with E-state index in [0.29, 0.717) is 12.6 Å². The van der Waals surface area contributed by atoms with Crippen LogP contribution in [-0.2, 0) is 0 Å². The Hall–Kier alpha value is -1.98. The minimum atomic E-state index is -0.476. The van der Waals surface area contributed by atoms with E-state index in [2.05, 4.69) is 46.4 Å². The highest BCUT2D eigenvalue weighted by atomic mass is 16.3. The van der Waals surface area contributed by atoms with Gasteiger partial charge in [0.1, 0.15) is 0 Å². The van der Waals surface area contributed by atoms with E-state index in [9.17, 15) is 5.11 Å². The van der Waals surface area contributed by atoms with E-state index in [1.807, 2.05) is 18.2 Å². The summed E-state index contributed by atoms with van der Waals surface area (Å²) < 4.78 is 0. The molecule has 1 saturated heterocycles. The zero-order valence-corrected chi connectivity index (χ0v) is 14.4. The third-order valence-corrected chi connectivity index (χ3v) is 4.86. The minimum Gasteiger partial charge on any atom is -0.387 e. The van der Waals surface area contributed by atoms with Gasteiger partial charge in [-0.3, -0.25) is 0 Å². The highest BCUT2D eigenvalue weighted by molar-refractivity contribution is 5.39. The molecule has 2 aromatic rings. The third-order valence-electron chi connectivity index (χ3n) is 4.86. The van der Waals surface area contributed by atoms with Gasteiger partial charge in [0.15, 0.2) is 5.82 Å². The van der Waals surface area contributed by atoms with E-state index in [1.54, 1.807) is 6.20 Å². The van der Waals surface area contributed by atoms with E-state index in [-0.39, 0.29) is 0 Å². The summed E-state index contributed by atoms with van der Waals surface area (Å²) in [4.78, 5) is 2.31. The molecule has 0 spiro atoms. The van der Waals surface area contributed by atoms with Gasteiger partial charge in [0.2, 0.25) is 0 Å². The normalized spacial score (nSPS) is 18.8. The third kappa shape index (κ3) is 3.91. The predicted octanol–water partition coefficient (Wildman–Crippen LogP) is 2.39. The van der Waals surface area contributed by atoms with Crippen LogP contribution in [-0.4, -0.2) is 41.0 Å². The molecule has 1 aromatic carbocycles. The fraction of sp³-hybridized carbons (Fsp3) is 0.474. The van der Waals surface area contributed by atoms with Crippen LogP contribution >= 0.6 is 0 Å². The van der Waals surface area contributed by atoms with Gasteiger partial charge < -0.3 is 15.3 Å². The summed E-state index contributed by atoms with van der Waals surface area (Å²) >= 11 is 0. The monoisotopic (exact) mass is 326 g/mol. The van der Waals surface area contributed by atoms with Crippen molar-refractivity contribution < 1.29 is 5.11 Å². The Balaban J connectivity index is 1.53. The first-order valence-electron chi connectivity index (χ1n) is 8.65. The molecular weight excluding hydrogens is 300 g/mol. The van der Waals surface area contributed by atoms with Crippen molar-refractivity contribution in [2.24, 2.45) is 0 Å². The van der Waals surface area contributed by atoms with Crippen LogP contribution in [0.1, 0.15) is 35.6 Å². The minimum absolute atomic E-state index is 0.411. The van der Waals surface area contributed by atoms with Gasteiger partial charge in [0.05, 0.1) is 6.10 Å². The number of aliphatic hydroxyl groups is 1.